The highest BCUT2D eigenvalue weighted by atomic mass is 16.7. The number of benzene rings is 1. The first-order valence-electron chi connectivity index (χ1n) is 8.18. The van der Waals surface area contributed by atoms with Crippen LogP contribution in [-0.2, 0) is 16.0 Å². The van der Waals surface area contributed by atoms with E-state index in [2.05, 4.69) is 20.4 Å². The summed E-state index contributed by atoms with van der Waals surface area (Å²) in [4.78, 5) is 2.40. The second kappa shape index (κ2) is 6.74. The van der Waals surface area contributed by atoms with Crippen LogP contribution in [0.4, 0.5) is 0 Å². The van der Waals surface area contributed by atoms with Crippen molar-refractivity contribution in [3.63, 3.8) is 0 Å². The number of tetrazole rings is 1. The van der Waals surface area contributed by atoms with Crippen molar-refractivity contribution in [1.82, 2.24) is 25.1 Å². The molecule has 0 amide bonds. The predicted molar refractivity (Wildman–Crippen MR) is 82.8 cm³/mol. The Morgan fingerprint density at radius 2 is 1.78 bits per heavy atom. The molecule has 2 aliphatic rings. The highest BCUT2D eigenvalue weighted by molar-refractivity contribution is 5.30. The molecule has 7 nitrogen and oxygen atoms in total. The number of hydrogen-bond acceptors (Lipinski definition) is 6. The fourth-order valence-electron chi connectivity index (χ4n) is 3.31. The maximum Gasteiger partial charge on any atom is 0.170 e. The molecular formula is C16H21N5O2. The normalized spacial score (nSPS) is 21.0. The van der Waals surface area contributed by atoms with E-state index >= 15 is 0 Å². The fraction of sp³-hybridized carbons (Fsp3) is 0.562. The molecule has 0 radical (unpaired) electrons. The van der Waals surface area contributed by atoms with E-state index in [9.17, 15) is 0 Å². The summed E-state index contributed by atoms with van der Waals surface area (Å²) in [6, 6.07) is 10.0. The lowest BCUT2D eigenvalue weighted by Gasteiger charge is -2.33. The van der Waals surface area contributed by atoms with Gasteiger partial charge in [-0.25, -0.2) is 0 Å². The van der Waals surface area contributed by atoms with Crippen LogP contribution in [0.25, 0.3) is 5.69 Å². The van der Waals surface area contributed by atoms with Gasteiger partial charge in [-0.05, 0) is 48.5 Å². The molecule has 0 N–H and O–H groups in total. The minimum atomic E-state index is 0.00629. The highest BCUT2D eigenvalue weighted by Gasteiger charge is 2.30. The van der Waals surface area contributed by atoms with Crippen LogP contribution in [0.3, 0.4) is 0 Å². The lowest BCUT2D eigenvalue weighted by Crippen LogP contribution is -2.38. The smallest absolute Gasteiger partial charge is 0.170 e. The minimum absolute atomic E-state index is 0.00629. The molecule has 122 valence electrons. The molecule has 7 heteroatoms. The minimum Gasteiger partial charge on any atom is -0.350 e. The van der Waals surface area contributed by atoms with Gasteiger partial charge in [-0.3, -0.25) is 4.90 Å². The zero-order chi connectivity index (χ0) is 15.5. The van der Waals surface area contributed by atoms with Crippen molar-refractivity contribution in [2.75, 3.05) is 26.3 Å². The maximum absolute atomic E-state index is 5.63. The summed E-state index contributed by atoms with van der Waals surface area (Å²) in [5.74, 6) is 1.39. The van der Waals surface area contributed by atoms with E-state index in [4.69, 9.17) is 9.47 Å². The van der Waals surface area contributed by atoms with Gasteiger partial charge in [-0.1, -0.05) is 18.2 Å². The van der Waals surface area contributed by atoms with Crippen LogP contribution in [-0.4, -0.2) is 57.7 Å². The number of nitrogens with zero attached hydrogens (tertiary/aromatic N) is 5. The quantitative estimate of drug-likeness (QED) is 0.846. The van der Waals surface area contributed by atoms with Crippen LogP contribution >= 0.6 is 0 Å². The average molecular weight is 315 g/mol. The van der Waals surface area contributed by atoms with Gasteiger partial charge in [0.2, 0.25) is 0 Å². The molecule has 0 aliphatic carbocycles. The van der Waals surface area contributed by atoms with E-state index in [0.717, 1.165) is 57.2 Å². The van der Waals surface area contributed by atoms with Gasteiger partial charge in [0.1, 0.15) is 0 Å². The third kappa shape index (κ3) is 3.26. The number of rotatable bonds is 4. The average Bonchev–Trinajstić information content (AvgIpc) is 3.28. The van der Waals surface area contributed by atoms with Gasteiger partial charge in [0.15, 0.2) is 12.1 Å². The highest BCUT2D eigenvalue weighted by Crippen LogP contribution is 2.26. The van der Waals surface area contributed by atoms with Gasteiger partial charge in [0, 0.05) is 5.92 Å². The molecule has 0 unspecified atom stereocenters. The lowest BCUT2D eigenvalue weighted by atomic mass is 9.96. The van der Waals surface area contributed by atoms with Gasteiger partial charge >= 0.3 is 0 Å². The van der Waals surface area contributed by atoms with E-state index < -0.39 is 0 Å². The monoisotopic (exact) mass is 315 g/mol. The number of likely N-dealkylation sites (tertiary alicyclic amines) is 1. The Bertz CT molecular complexity index is 618. The largest absolute Gasteiger partial charge is 0.350 e. The summed E-state index contributed by atoms with van der Waals surface area (Å²) in [5, 5.41) is 12.2. The zero-order valence-electron chi connectivity index (χ0n) is 13.0. The predicted octanol–water partition coefficient (Wildman–Crippen LogP) is 1.25. The number of ether oxygens (including phenoxy) is 2. The van der Waals surface area contributed by atoms with E-state index in [1.165, 1.54) is 0 Å². The van der Waals surface area contributed by atoms with E-state index in [1.807, 2.05) is 35.0 Å². The first-order chi connectivity index (χ1) is 11.4. The molecule has 2 fully saturated rings. The van der Waals surface area contributed by atoms with Crippen LogP contribution in [0.2, 0.25) is 0 Å². The molecule has 0 bridgehead atoms. The molecule has 2 saturated heterocycles. The SMILES string of the molecule is c1ccc(-n2nnnc2CN2CCC(C3OCCO3)CC2)cc1. The van der Waals surface area contributed by atoms with E-state index in [0.29, 0.717) is 5.92 Å². The summed E-state index contributed by atoms with van der Waals surface area (Å²) >= 11 is 0. The fourth-order valence-corrected chi connectivity index (χ4v) is 3.31. The van der Waals surface area contributed by atoms with Crippen LogP contribution in [0.5, 0.6) is 0 Å². The molecule has 0 saturated carbocycles. The maximum atomic E-state index is 5.63. The van der Waals surface area contributed by atoms with Gasteiger partial charge in [0.05, 0.1) is 25.4 Å². The summed E-state index contributed by atoms with van der Waals surface area (Å²) in [5.41, 5.74) is 0.996. The van der Waals surface area contributed by atoms with Crippen molar-refractivity contribution in [2.24, 2.45) is 5.92 Å². The van der Waals surface area contributed by atoms with E-state index in [1.54, 1.807) is 0 Å². The number of para-hydroxylation sites is 1. The van der Waals surface area contributed by atoms with Crippen molar-refractivity contribution in [3.8, 4) is 5.69 Å². The summed E-state index contributed by atoms with van der Waals surface area (Å²) < 4.78 is 13.1. The molecule has 0 spiro atoms. The summed E-state index contributed by atoms with van der Waals surface area (Å²) in [6.45, 7) is 4.28. The number of hydrogen-bond donors (Lipinski definition) is 0. The van der Waals surface area contributed by atoms with Crippen LogP contribution in [0.1, 0.15) is 18.7 Å². The third-order valence-electron chi connectivity index (χ3n) is 4.56. The molecule has 1 aromatic heterocycles. The number of piperidine rings is 1. The molecule has 2 aromatic rings. The van der Waals surface area contributed by atoms with Crippen LogP contribution < -0.4 is 0 Å². The van der Waals surface area contributed by atoms with Gasteiger partial charge in [-0.15, -0.1) is 5.10 Å². The van der Waals surface area contributed by atoms with Gasteiger partial charge < -0.3 is 9.47 Å². The van der Waals surface area contributed by atoms with Crippen molar-refractivity contribution in [3.05, 3.63) is 36.2 Å². The molecule has 3 heterocycles. The zero-order valence-corrected chi connectivity index (χ0v) is 13.0. The van der Waals surface area contributed by atoms with Crippen LogP contribution in [0.15, 0.2) is 30.3 Å². The Kier molecular flexibility index (Phi) is 4.32. The lowest BCUT2D eigenvalue weighted by molar-refractivity contribution is -0.0979. The first kappa shape index (κ1) is 14.7. The molecular weight excluding hydrogens is 294 g/mol. The summed E-state index contributed by atoms with van der Waals surface area (Å²) in [7, 11) is 0. The molecule has 0 atom stereocenters. The second-order valence-corrected chi connectivity index (χ2v) is 6.07. The standard InChI is InChI=1S/C16H21N5O2/c1-2-4-14(5-3-1)21-15(17-18-19-21)12-20-8-6-13(7-9-20)16-22-10-11-23-16/h1-5,13,16H,6-12H2. The number of aromatic nitrogens is 4. The molecule has 23 heavy (non-hydrogen) atoms. The Hall–Kier alpha value is -1.83. The van der Waals surface area contributed by atoms with Gasteiger partial charge in [0.25, 0.3) is 0 Å². The first-order valence-corrected chi connectivity index (χ1v) is 8.18. The topological polar surface area (TPSA) is 65.3 Å². The van der Waals surface area contributed by atoms with Crippen molar-refractivity contribution in [2.45, 2.75) is 25.7 Å². The Morgan fingerprint density at radius 1 is 1.04 bits per heavy atom. The Balaban J connectivity index is 1.38. The van der Waals surface area contributed by atoms with Crippen molar-refractivity contribution >= 4 is 0 Å². The van der Waals surface area contributed by atoms with Crippen LogP contribution in [0, 0.1) is 5.92 Å². The van der Waals surface area contributed by atoms with Crippen molar-refractivity contribution < 1.29 is 9.47 Å². The van der Waals surface area contributed by atoms with Gasteiger partial charge in [-0.2, -0.15) is 4.68 Å². The third-order valence-corrected chi connectivity index (χ3v) is 4.56. The van der Waals surface area contributed by atoms with Crippen molar-refractivity contribution in [1.29, 1.82) is 0 Å². The Morgan fingerprint density at radius 3 is 2.52 bits per heavy atom. The van der Waals surface area contributed by atoms with E-state index in [-0.39, 0.29) is 6.29 Å². The second-order valence-electron chi connectivity index (χ2n) is 6.07. The summed E-state index contributed by atoms with van der Waals surface area (Å²) in [6.07, 6.45) is 2.20. The molecule has 2 aliphatic heterocycles. The molecule has 4 rings (SSSR count). The molecule has 1 aromatic carbocycles. The Labute approximate surface area is 135 Å².